The van der Waals surface area contributed by atoms with Gasteiger partial charge in [0.05, 0.1) is 29.4 Å². The average Bonchev–Trinajstić information content (AvgIpc) is 2.76. The van der Waals surface area contributed by atoms with Gasteiger partial charge < -0.3 is 14.8 Å². The van der Waals surface area contributed by atoms with E-state index in [2.05, 4.69) is 15.0 Å². The van der Waals surface area contributed by atoms with Crippen molar-refractivity contribution in [3.8, 4) is 0 Å². The van der Waals surface area contributed by atoms with Gasteiger partial charge in [-0.3, -0.25) is 9.78 Å². The maximum atomic E-state index is 12.6. The molecule has 1 N–H and O–H groups in total. The van der Waals surface area contributed by atoms with Crippen LogP contribution >= 0.6 is 0 Å². The van der Waals surface area contributed by atoms with Crippen molar-refractivity contribution >= 4 is 28.7 Å². The Balaban J connectivity index is 1.58. The van der Waals surface area contributed by atoms with E-state index in [-0.39, 0.29) is 6.54 Å². The SMILES string of the molecule is COC(=O)c1ccc(CNC(=O)COC(=O)c2c(C)nc3ccccc3c2C)cc1. The van der Waals surface area contributed by atoms with Crippen molar-refractivity contribution in [3.63, 3.8) is 0 Å². The third-order valence-electron chi connectivity index (χ3n) is 4.74. The van der Waals surface area contributed by atoms with Gasteiger partial charge in [-0.15, -0.1) is 0 Å². The quantitative estimate of drug-likeness (QED) is 0.632. The number of fused-ring (bicyclic) bond motifs is 1. The average molecular weight is 406 g/mol. The Hall–Kier alpha value is -3.74. The zero-order valence-corrected chi connectivity index (χ0v) is 17.0. The molecule has 154 valence electrons. The van der Waals surface area contributed by atoms with Crippen molar-refractivity contribution in [2.45, 2.75) is 20.4 Å². The summed E-state index contributed by atoms with van der Waals surface area (Å²) in [4.78, 5) is 40.5. The minimum atomic E-state index is -0.583. The Morgan fingerprint density at radius 1 is 0.967 bits per heavy atom. The minimum absolute atomic E-state index is 0.243. The molecule has 0 radical (unpaired) electrons. The van der Waals surface area contributed by atoms with Crippen molar-refractivity contribution in [3.05, 3.63) is 76.5 Å². The van der Waals surface area contributed by atoms with Gasteiger partial charge in [0.1, 0.15) is 0 Å². The lowest BCUT2D eigenvalue weighted by molar-refractivity contribution is -0.124. The number of nitrogens with zero attached hydrogens (tertiary/aromatic N) is 1. The first-order chi connectivity index (χ1) is 14.4. The van der Waals surface area contributed by atoms with Gasteiger partial charge in [0, 0.05) is 11.9 Å². The van der Waals surface area contributed by atoms with E-state index in [9.17, 15) is 14.4 Å². The number of esters is 2. The number of amides is 1. The van der Waals surface area contributed by atoms with Crippen molar-refractivity contribution in [2.75, 3.05) is 13.7 Å². The molecule has 7 heteroatoms. The number of carbonyl (C=O) groups is 3. The number of pyridine rings is 1. The van der Waals surface area contributed by atoms with Crippen LogP contribution in [0.2, 0.25) is 0 Å². The highest BCUT2D eigenvalue weighted by Gasteiger charge is 2.18. The number of nitrogens with one attached hydrogen (secondary N) is 1. The molecule has 0 spiro atoms. The Bertz CT molecular complexity index is 1110. The molecule has 2 aromatic carbocycles. The Morgan fingerprint density at radius 3 is 2.37 bits per heavy atom. The van der Waals surface area contributed by atoms with Gasteiger partial charge in [-0.25, -0.2) is 9.59 Å². The molecule has 30 heavy (non-hydrogen) atoms. The topological polar surface area (TPSA) is 94.6 Å². The first kappa shape index (κ1) is 21.0. The van der Waals surface area contributed by atoms with Crippen molar-refractivity contribution < 1.29 is 23.9 Å². The summed E-state index contributed by atoms with van der Waals surface area (Å²) in [6.45, 7) is 3.43. The molecule has 3 rings (SSSR count). The lowest BCUT2D eigenvalue weighted by atomic mass is 10.0. The summed E-state index contributed by atoms with van der Waals surface area (Å²) in [5.41, 5.74) is 3.74. The second kappa shape index (κ2) is 9.17. The summed E-state index contributed by atoms with van der Waals surface area (Å²) in [6, 6.07) is 14.2. The minimum Gasteiger partial charge on any atom is -0.465 e. The van der Waals surface area contributed by atoms with Crippen LogP contribution in [0.3, 0.4) is 0 Å². The fourth-order valence-electron chi connectivity index (χ4n) is 3.16. The summed E-state index contributed by atoms with van der Waals surface area (Å²) in [5.74, 6) is -1.43. The normalized spacial score (nSPS) is 10.5. The van der Waals surface area contributed by atoms with E-state index in [0.717, 1.165) is 22.0 Å². The molecule has 0 aliphatic heterocycles. The smallest absolute Gasteiger partial charge is 0.340 e. The maximum Gasteiger partial charge on any atom is 0.340 e. The molecule has 1 amide bonds. The molecule has 0 bridgehead atoms. The van der Waals surface area contributed by atoms with Crippen LogP contribution in [-0.4, -0.2) is 36.5 Å². The molecule has 0 aliphatic rings. The van der Waals surface area contributed by atoms with Crippen LogP contribution in [-0.2, 0) is 20.8 Å². The molecule has 0 unspecified atom stereocenters. The number of benzene rings is 2. The first-order valence-electron chi connectivity index (χ1n) is 9.37. The third kappa shape index (κ3) is 4.63. The van der Waals surface area contributed by atoms with E-state index in [1.165, 1.54) is 7.11 Å². The van der Waals surface area contributed by atoms with Gasteiger partial charge in [0.2, 0.25) is 0 Å². The van der Waals surface area contributed by atoms with E-state index in [1.54, 1.807) is 31.2 Å². The third-order valence-corrected chi connectivity index (χ3v) is 4.74. The first-order valence-corrected chi connectivity index (χ1v) is 9.37. The summed E-state index contributed by atoms with van der Waals surface area (Å²) in [7, 11) is 1.31. The van der Waals surface area contributed by atoms with E-state index in [0.29, 0.717) is 16.8 Å². The van der Waals surface area contributed by atoms with Crippen LogP contribution < -0.4 is 5.32 Å². The predicted octanol–water partition coefficient (Wildman–Crippen LogP) is 3.11. The van der Waals surface area contributed by atoms with Gasteiger partial charge in [-0.05, 0) is 43.2 Å². The summed E-state index contributed by atoms with van der Waals surface area (Å²) in [6.07, 6.45) is 0. The summed E-state index contributed by atoms with van der Waals surface area (Å²) in [5, 5.41) is 3.55. The van der Waals surface area contributed by atoms with E-state index < -0.39 is 24.5 Å². The highest BCUT2D eigenvalue weighted by molar-refractivity contribution is 5.99. The molecule has 1 heterocycles. The number of hydrogen-bond acceptors (Lipinski definition) is 6. The zero-order valence-electron chi connectivity index (χ0n) is 17.0. The number of hydrogen-bond donors (Lipinski definition) is 1. The van der Waals surface area contributed by atoms with E-state index in [1.807, 2.05) is 31.2 Å². The fraction of sp³-hybridized carbons (Fsp3) is 0.217. The Labute approximate surface area is 174 Å². The molecule has 0 saturated heterocycles. The molecule has 3 aromatic rings. The van der Waals surface area contributed by atoms with Crippen molar-refractivity contribution in [2.24, 2.45) is 0 Å². The Kier molecular flexibility index (Phi) is 6.41. The van der Waals surface area contributed by atoms with Crippen LogP contribution in [0.4, 0.5) is 0 Å². The lowest BCUT2D eigenvalue weighted by Crippen LogP contribution is -2.28. The zero-order chi connectivity index (χ0) is 21.7. The second-order valence-electron chi connectivity index (χ2n) is 6.76. The van der Waals surface area contributed by atoms with Gasteiger partial charge >= 0.3 is 11.9 Å². The summed E-state index contributed by atoms with van der Waals surface area (Å²) < 4.78 is 9.85. The molecular weight excluding hydrogens is 384 g/mol. The lowest BCUT2D eigenvalue weighted by Gasteiger charge is -2.12. The molecule has 1 aromatic heterocycles. The fourth-order valence-corrected chi connectivity index (χ4v) is 3.16. The Morgan fingerprint density at radius 2 is 1.67 bits per heavy atom. The summed E-state index contributed by atoms with van der Waals surface area (Å²) >= 11 is 0. The predicted molar refractivity (Wildman–Crippen MR) is 111 cm³/mol. The molecule has 0 atom stereocenters. The number of carbonyl (C=O) groups excluding carboxylic acids is 3. The molecule has 0 saturated carbocycles. The van der Waals surface area contributed by atoms with Gasteiger partial charge in [-0.2, -0.15) is 0 Å². The molecular formula is C23H22N2O5. The van der Waals surface area contributed by atoms with Gasteiger partial charge in [0.15, 0.2) is 6.61 Å². The maximum absolute atomic E-state index is 12.6. The van der Waals surface area contributed by atoms with E-state index in [4.69, 9.17) is 4.74 Å². The number of ether oxygens (including phenoxy) is 2. The molecule has 0 aliphatic carbocycles. The van der Waals surface area contributed by atoms with Crippen LogP contribution in [0, 0.1) is 13.8 Å². The second-order valence-corrected chi connectivity index (χ2v) is 6.76. The van der Waals surface area contributed by atoms with Crippen LogP contribution in [0.5, 0.6) is 0 Å². The van der Waals surface area contributed by atoms with Gasteiger partial charge in [-0.1, -0.05) is 30.3 Å². The highest BCUT2D eigenvalue weighted by atomic mass is 16.5. The number of rotatable bonds is 6. The molecule has 0 fully saturated rings. The number of para-hydroxylation sites is 1. The van der Waals surface area contributed by atoms with Gasteiger partial charge in [0.25, 0.3) is 5.91 Å². The van der Waals surface area contributed by atoms with Crippen molar-refractivity contribution in [1.29, 1.82) is 0 Å². The van der Waals surface area contributed by atoms with Crippen LogP contribution in [0.15, 0.2) is 48.5 Å². The largest absolute Gasteiger partial charge is 0.465 e. The van der Waals surface area contributed by atoms with Crippen LogP contribution in [0.1, 0.15) is 37.5 Å². The number of aryl methyl sites for hydroxylation is 2. The number of aromatic nitrogens is 1. The van der Waals surface area contributed by atoms with Crippen molar-refractivity contribution in [1.82, 2.24) is 10.3 Å². The molecule has 7 nitrogen and oxygen atoms in total. The van der Waals surface area contributed by atoms with Crippen LogP contribution in [0.25, 0.3) is 10.9 Å². The van der Waals surface area contributed by atoms with E-state index >= 15 is 0 Å². The highest BCUT2D eigenvalue weighted by Crippen LogP contribution is 2.23. The monoisotopic (exact) mass is 406 g/mol. The standard InChI is InChI=1S/C23H22N2O5/c1-14-18-6-4-5-7-19(18)25-15(2)21(14)23(28)30-13-20(26)24-12-16-8-10-17(11-9-16)22(27)29-3/h4-11H,12-13H2,1-3H3,(H,24,26). The number of methoxy groups -OCH3 is 1.